The molecule has 0 aromatic carbocycles. The minimum absolute atomic E-state index is 0.0145. The molecule has 2 heterocycles. The third-order valence-corrected chi connectivity index (χ3v) is 4.06. The van der Waals surface area contributed by atoms with E-state index in [2.05, 4.69) is 13.8 Å². The van der Waals surface area contributed by atoms with Crippen molar-refractivity contribution in [1.29, 1.82) is 0 Å². The fourth-order valence-electron chi connectivity index (χ4n) is 1.64. The number of thiophene rings is 1. The van der Waals surface area contributed by atoms with Crippen molar-refractivity contribution in [3.63, 3.8) is 0 Å². The first kappa shape index (κ1) is 13.8. The summed E-state index contributed by atoms with van der Waals surface area (Å²) >= 11 is 1.58. The highest BCUT2D eigenvalue weighted by Crippen LogP contribution is 2.35. The van der Waals surface area contributed by atoms with Crippen LogP contribution in [0.4, 0.5) is 0 Å². The number of hydrogen-bond acceptors (Lipinski definition) is 5. The molecule has 0 saturated heterocycles. The first-order valence-electron chi connectivity index (χ1n) is 5.78. The lowest BCUT2D eigenvalue weighted by Gasteiger charge is -2.26. The van der Waals surface area contributed by atoms with Gasteiger partial charge in [0, 0.05) is 16.2 Å². The molecule has 1 aromatic heterocycles. The summed E-state index contributed by atoms with van der Waals surface area (Å²) in [6.45, 7) is 5.91. The van der Waals surface area contributed by atoms with E-state index in [1.54, 1.807) is 11.3 Å². The van der Waals surface area contributed by atoms with E-state index in [9.17, 15) is 0 Å². The molecule has 6 heteroatoms. The molecule has 18 heavy (non-hydrogen) atoms. The van der Waals surface area contributed by atoms with Crippen LogP contribution in [0.1, 0.15) is 13.8 Å². The molecular formula is C12H18NO3PS. The average molecular weight is 287 g/mol. The normalized spacial score (nSPS) is 19.4. The molecule has 0 bridgehead atoms. The van der Waals surface area contributed by atoms with Crippen molar-refractivity contribution < 1.29 is 14.2 Å². The lowest BCUT2D eigenvalue weighted by Crippen LogP contribution is -2.34. The van der Waals surface area contributed by atoms with Crippen molar-refractivity contribution in [3.8, 4) is 11.5 Å². The molecule has 0 radical (unpaired) electrons. The molecule has 4 nitrogen and oxygen atoms in total. The van der Waals surface area contributed by atoms with Crippen LogP contribution in [0.25, 0.3) is 0 Å². The topological polar surface area (TPSA) is 53.7 Å². The first-order chi connectivity index (χ1) is 8.61. The van der Waals surface area contributed by atoms with Gasteiger partial charge in [0.2, 0.25) is 0 Å². The number of rotatable bonds is 5. The molecule has 1 aromatic rings. The summed E-state index contributed by atoms with van der Waals surface area (Å²) in [4.78, 5) is 0. The predicted molar refractivity (Wildman–Crippen MR) is 76.0 cm³/mol. The summed E-state index contributed by atoms with van der Waals surface area (Å²) in [5.74, 6) is 3.69. The van der Waals surface area contributed by atoms with Crippen LogP contribution in [-0.4, -0.2) is 31.7 Å². The van der Waals surface area contributed by atoms with Gasteiger partial charge in [0.1, 0.15) is 6.61 Å². The largest absolute Gasteiger partial charge is 0.485 e. The average Bonchev–Trinajstić information content (AvgIpc) is 2.75. The van der Waals surface area contributed by atoms with Gasteiger partial charge in [-0.15, -0.1) is 11.3 Å². The van der Waals surface area contributed by atoms with Crippen LogP contribution in [0, 0.1) is 5.41 Å². The Labute approximate surface area is 113 Å². The summed E-state index contributed by atoms with van der Waals surface area (Å²) in [5.41, 5.74) is 5.47. The van der Waals surface area contributed by atoms with Crippen LogP contribution in [0.2, 0.25) is 0 Å². The molecular weight excluding hydrogens is 269 g/mol. The zero-order valence-electron chi connectivity index (χ0n) is 10.6. The summed E-state index contributed by atoms with van der Waals surface area (Å²) in [6.07, 6.45) is -0.0293. The molecule has 0 fully saturated rings. The first-order valence-corrected chi connectivity index (χ1v) is 7.76. The van der Waals surface area contributed by atoms with Gasteiger partial charge in [0.05, 0.1) is 13.2 Å². The van der Waals surface area contributed by atoms with E-state index in [1.807, 2.05) is 16.6 Å². The zero-order valence-corrected chi connectivity index (χ0v) is 12.3. The Bertz CT molecular complexity index is 419. The highest BCUT2D eigenvalue weighted by molar-refractivity contribution is 7.35. The van der Waals surface area contributed by atoms with Gasteiger partial charge in [-0.05, 0) is 14.2 Å². The fraction of sp³-hybridized carbons (Fsp3) is 0.583. The highest BCUT2D eigenvalue weighted by Gasteiger charge is 2.23. The highest BCUT2D eigenvalue weighted by atomic mass is 32.1. The van der Waals surface area contributed by atoms with Crippen molar-refractivity contribution in [2.45, 2.75) is 20.0 Å². The van der Waals surface area contributed by atoms with E-state index in [4.69, 9.17) is 19.7 Å². The monoisotopic (exact) mass is 287 g/mol. The molecule has 1 unspecified atom stereocenters. The second-order valence-electron chi connectivity index (χ2n) is 4.93. The Kier molecular flexibility index (Phi) is 4.62. The second-order valence-corrected chi connectivity index (χ2v) is 6.23. The Morgan fingerprint density at radius 1 is 1.56 bits per heavy atom. The SMILES string of the molecule is CC(C)(C=PN)COCC1COc2cscc2O1. The lowest BCUT2D eigenvalue weighted by atomic mass is 9.98. The van der Waals surface area contributed by atoms with Gasteiger partial charge in [-0.3, -0.25) is 5.50 Å². The number of ether oxygens (including phenoxy) is 3. The van der Waals surface area contributed by atoms with Crippen molar-refractivity contribution in [2.24, 2.45) is 10.9 Å². The fourth-order valence-corrected chi connectivity index (χ4v) is 2.78. The quantitative estimate of drug-likeness (QED) is 0.846. The summed E-state index contributed by atoms with van der Waals surface area (Å²) in [7, 11) is 0.787. The van der Waals surface area contributed by atoms with Crippen LogP contribution in [0.3, 0.4) is 0 Å². The third-order valence-electron chi connectivity index (χ3n) is 2.51. The van der Waals surface area contributed by atoms with Gasteiger partial charge < -0.3 is 14.2 Å². The predicted octanol–water partition coefficient (Wildman–Crippen LogP) is 2.55. The van der Waals surface area contributed by atoms with Crippen LogP contribution < -0.4 is 15.0 Å². The Morgan fingerprint density at radius 2 is 2.33 bits per heavy atom. The zero-order chi connectivity index (χ0) is 13.0. The smallest absolute Gasteiger partial charge is 0.172 e. The third kappa shape index (κ3) is 3.69. The molecule has 1 aliphatic rings. The van der Waals surface area contributed by atoms with E-state index in [0.717, 1.165) is 19.9 Å². The van der Waals surface area contributed by atoms with Crippen LogP contribution in [-0.2, 0) is 4.74 Å². The van der Waals surface area contributed by atoms with E-state index in [0.29, 0.717) is 19.8 Å². The van der Waals surface area contributed by atoms with Gasteiger partial charge in [0.15, 0.2) is 17.6 Å². The molecule has 0 spiro atoms. The summed E-state index contributed by atoms with van der Waals surface area (Å²) < 4.78 is 17.0. The van der Waals surface area contributed by atoms with Crippen molar-refractivity contribution in [1.82, 2.24) is 0 Å². The van der Waals surface area contributed by atoms with E-state index in [1.165, 1.54) is 0 Å². The van der Waals surface area contributed by atoms with Crippen LogP contribution in [0.5, 0.6) is 11.5 Å². The summed E-state index contributed by atoms with van der Waals surface area (Å²) in [6, 6.07) is 0. The van der Waals surface area contributed by atoms with Crippen molar-refractivity contribution in [2.75, 3.05) is 19.8 Å². The summed E-state index contributed by atoms with van der Waals surface area (Å²) in [5, 5.41) is 3.90. The van der Waals surface area contributed by atoms with Gasteiger partial charge in [-0.1, -0.05) is 13.8 Å². The van der Waals surface area contributed by atoms with E-state index in [-0.39, 0.29) is 11.5 Å². The molecule has 100 valence electrons. The minimum Gasteiger partial charge on any atom is -0.485 e. The molecule has 0 amide bonds. The molecule has 2 rings (SSSR count). The van der Waals surface area contributed by atoms with Gasteiger partial charge in [0.25, 0.3) is 0 Å². The Hall–Kier alpha value is -0.610. The lowest BCUT2D eigenvalue weighted by molar-refractivity contribution is -0.00369. The van der Waals surface area contributed by atoms with Gasteiger partial charge >= 0.3 is 0 Å². The standard InChI is InChI=1S/C12H18NO3PS/c1-12(2,8-17-13)7-14-3-9-4-15-10-5-18-6-11(10)16-9/h5-6,8-9H,3-4,7,13H2,1-2H3. The van der Waals surface area contributed by atoms with E-state index >= 15 is 0 Å². The van der Waals surface area contributed by atoms with Gasteiger partial charge in [-0.25, -0.2) is 0 Å². The number of hydrogen-bond donors (Lipinski definition) is 1. The van der Waals surface area contributed by atoms with Gasteiger partial charge in [-0.2, -0.15) is 0 Å². The Balaban J connectivity index is 1.76. The maximum atomic E-state index is 5.77. The maximum Gasteiger partial charge on any atom is 0.172 e. The van der Waals surface area contributed by atoms with E-state index < -0.39 is 0 Å². The van der Waals surface area contributed by atoms with Crippen LogP contribution in [0.15, 0.2) is 10.8 Å². The minimum atomic E-state index is -0.0293. The molecule has 2 N–H and O–H groups in total. The maximum absolute atomic E-state index is 5.77. The van der Waals surface area contributed by atoms with Crippen molar-refractivity contribution in [3.05, 3.63) is 10.8 Å². The number of nitrogens with two attached hydrogens (primary N) is 1. The van der Waals surface area contributed by atoms with Crippen molar-refractivity contribution >= 4 is 25.5 Å². The molecule has 0 aliphatic carbocycles. The number of fused-ring (bicyclic) bond motifs is 1. The molecule has 1 aliphatic heterocycles. The molecule has 1 atom stereocenters. The molecule has 0 saturated carbocycles. The second kappa shape index (κ2) is 6.02. The Morgan fingerprint density at radius 3 is 3.11 bits per heavy atom. The van der Waals surface area contributed by atoms with Crippen LogP contribution >= 0.6 is 19.7 Å².